The lowest BCUT2D eigenvalue weighted by molar-refractivity contribution is -0.117. The molecule has 0 aliphatic carbocycles. The Morgan fingerprint density at radius 3 is 2.73 bits per heavy atom. The molecule has 2 rings (SSSR count). The van der Waals surface area contributed by atoms with E-state index in [0.29, 0.717) is 22.8 Å². The van der Waals surface area contributed by atoms with E-state index in [1.54, 1.807) is 17.5 Å². The first-order valence-corrected chi connectivity index (χ1v) is 7.76. The van der Waals surface area contributed by atoms with Gasteiger partial charge in [-0.3, -0.25) is 4.79 Å². The Kier molecular flexibility index (Phi) is 4.81. The number of ether oxygens (including phenoxy) is 1. The second-order valence-corrected chi connectivity index (χ2v) is 7.03. The molecule has 0 radical (unpaired) electrons. The van der Waals surface area contributed by atoms with Crippen LogP contribution in [0.1, 0.15) is 27.2 Å². The minimum absolute atomic E-state index is 0.0747. The molecule has 0 aliphatic rings. The van der Waals surface area contributed by atoms with Gasteiger partial charge in [0.05, 0.1) is 12.8 Å². The van der Waals surface area contributed by atoms with E-state index < -0.39 is 5.82 Å². The van der Waals surface area contributed by atoms with Crippen LogP contribution in [0, 0.1) is 11.2 Å². The van der Waals surface area contributed by atoms with Crippen molar-refractivity contribution in [1.82, 2.24) is 4.98 Å². The maximum absolute atomic E-state index is 13.7. The molecule has 0 unspecified atom stereocenters. The molecule has 6 heteroatoms. The summed E-state index contributed by atoms with van der Waals surface area (Å²) in [5.74, 6) is -0.321. The van der Waals surface area contributed by atoms with Crippen LogP contribution in [0.25, 0.3) is 11.3 Å². The van der Waals surface area contributed by atoms with Gasteiger partial charge in [-0.2, -0.15) is 0 Å². The number of nitrogens with one attached hydrogen (secondary N) is 1. The van der Waals surface area contributed by atoms with Crippen LogP contribution in [0.15, 0.2) is 23.6 Å². The lowest BCUT2D eigenvalue weighted by Gasteiger charge is -2.16. The van der Waals surface area contributed by atoms with Crippen molar-refractivity contribution in [3.8, 4) is 17.0 Å². The summed E-state index contributed by atoms with van der Waals surface area (Å²) in [6, 6.07) is 4.66. The van der Waals surface area contributed by atoms with Gasteiger partial charge in [0.15, 0.2) is 16.7 Å². The summed E-state index contributed by atoms with van der Waals surface area (Å²) < 4.78 is 18.6. The van der Waals surface area contributed by atoms with Crippen molar-refractivity contribution in [2.75, 3.05) is 12.4 Å². The normalized spacial score (nSPS) is 11.3. The molecule has 1 amide bonds. The van der Waals surface area contributed by atoms with E-state index in [-0.39, 0.29) is 17.1 Å². The number of carbonyl (C=O) groups excluding carboxylic acids is 1. The van der Waals surface area contributed by atoms with Gasteiger partial charge in [-0.1, -0.05) is 20.8 Å². The number of rotatable bonds is 4. The van der Waals surface area contributed by atoms with Crippen LogP contribution in [-0.2, 0) is 4.79 Å². The molecule has 0 spiro atoms. The monoisotopic (exact) mass is 322 g/mol. The number of halogens is 1. The van der Waals surface area contributed by atoms with Gasteiger partial charge in [0, 0.05) is 17.4 Å². The van der Waals surface area contributed by atoms with Crippen LogP contribution in [0.2, 0.25) is 0 Å². The highest BCUT2D eigenvalue weighted by atomic mass is 32.1. The standard InChI is InChI=1S/C16H19FN2O2S/c1-16(2,3)8-14(20)19-15-18-12(9-22-15)10-5-6-13(21-4)11(17)7-10/h5-7,9H,8H2,1-4H3,(H,18,19,20). The van der Waals surface area contributed by atoms with E-state index in [4.69, 9.17) is 4.74 Å². The zero-order valence-electron chi connectivity index (χ0n) is 13.1. The molecule has 1 heterocycles. The highest BCUT2D eigenvalue weighted by molar-refractivity contribution is 7.14. The highest BCUT2D eigenvalue weighted by Gasteiger charge is 2.17. The molecular weight excluding hydrogens is 303 g/mol. The van der Waals surface area contributed by atoms with E-state index in [9.17, 15) is 9.18 Å². The molecule has 118 valence electrons. The largest absolute Gasteiger partial charge is 0.494 e. The fraction of sp³-hybridized carbons (Fsp3) is 0.375. The van der Waals surface area contributed by atoms with Crippen LogP contribution in [-0.4, -0.2) is 18.0 Å². The van der Waals surface area contributed by atoms with Crippen LogP contribution >= 0.6 is 11.3 Å². The fourth-order valence-electron chi connectivity index (χ4n) is 1.93. The molecule has 0 saturated carbocycles. The first kappa shape index (κ1) is 16.4. The van der Waals surface area contributed by atoms with Gasteiger partial charge in [0.25, 0.3) is 0 Å². The van der Waals surface area contributed by atoms with Crippen molar-refractivity contribution in [3.05, 3.63) is 29.4 Å². The summed E-state index contributed by atoms with van der Waals surface area (Å²) in [5.41, 5.74) is 1.19. The Morgan fingerprint density at radius 1 is 1.41 bits per heavy atom. The molecule has 1 aromatic carbocycles. The van der Waals surface area contributed by atoms with Gasteiger partial charge in [-0.05, 0) is 23.6 Å². The maximum Gasteiger partial charge on any atom is 0.226 e. The van der Waals surface area contributed by atoms with Crippen LogP contribution < -0.4 is 10.1 Å². The van der Waals surface area contributed by atoms with E-state index >= 15 is 0 Å². The number of amides is 1. The number of carbonyl (C=O) groups is 1. The Labute approximate surface area is 133 Å². The second kappa shape index (κ2) is 6.44. The van der Waals surface area contributed by atoms with Gasteiger partial charge in [0.1, 0.15) is 0 Å². The zero-order valence-corrected chi connectivity index (χ0v) is 13.9. The summed E-state index contributed by atoms with van der Waals surface area (Å²) in [4.78, 5) is 16.2. The van der Waals surface area contributed by atoms with E-state index in [2.05, 4.69) is 10.3 Å². The SMILES string of the molecule is COc1ccc(-c2csc(NC(=O)CC(C)(C)C)n2)cc1F. The van der Waals surface area contributed by atoms with E-state index in [1.165, 1.54) is 24.5 Å². The van der Waals surface area contributed by atoms with Gasteiger partial charge < -0.3 is 10.1 Å². The Bertz CT molecular complexity index is 677. The summed E-state index contributed by atoms with van der Waals surface area (Å²) in [6.07, 6.45) is 0.416. The molecular formula is C16H19FN2O2S. The number of methoxy groups -OCH3 is 1. The first-order chi connectivity index (χ1) is 10.3. The predicted molar refractivity (Wildman–Crippen MR) is 86.8 cm³/mol. The van der Waals surface area contributed by atoms with E-state index in [1.807, 2.05) is 20.8 Å². The lowest BCUT2D eigenvalue weighted by atomic mass is 9.92. The molecule has 1 N–H and O–H groups in total. The molecule has 0 saturated heterocycles. The molecule has 0 aliphatic heterocycles. The predicted octanol–water partition coefficient (Wildman–Crippen LogP) is 4.33. The fourth-order valence-corrected chi connectivity index (χ4v) is 2.67. The van der Waals surface area contributed by atoms with E-state index in [0.717, 1.165) is 0 Å². The van der Waals surface area contributed by atoms with Gasteiger partial charge >= 0.3 is 0 Å². The molecule has 22 heavy (non-hydrogen) atoms. The number of aromatic nitrogens is 1. The second-order valence-electron chi connectivity index (χ2n) is 6.17. The number of benzene rings is 1. The lowest BCUT2D eigenvalue weighted by Crippen LogP contribution is -2.19. The molecule has 4 nitrogen and oxygen atoms in total. The smallest absolute Gasteiger partial charge is 0.226 e. The average Bonchev–Trinajstić information content (AvgIpc) is 2.84. The van der Waals surface area contributed by atoms with Crippen molar-refractivity contribution in [3.63, 3.8) is 0 Å². The van der Waals surface area contributed by atoms with Crippen molar-refractivity contribution < 1.29 is 13.9 Å². The molecule has 1 aromatic heterocycles. The summed E-state index contributed by atoms with van der Waals surface area (Å²) in [5, 5.41) is 5.08. The third-order valence-electron chi connectivity index (χ3n) is 2.89. The van der Waals surface area contributed by atoms with Crippen LogP contribution in [0.4, 0.5) is 9.52 Å². The topological polar surface area (TPSA) is 51.2 Å². The average molecular weight is 322 g/mol. The quantitative estimate of drug-likeness (QED) is 0.911. The Balaban J connectivity index is 2.11. The van der Waals surface area contributed by atoms with Gasteiger partial charge in [-0.15, -0.1) is 11.3 Å². The van der Waals surface area contributed by atoms with Crippen LogP contribution in [0.5, 0.6) is 5.75 Å². The molecule has 0 atom stereocenters. The summed E-state index contributed by atoms with van der Waals surface area (Å²) in [6.45, 7) is 6.00. The number of hydrogen-bond donors (Lipinski definition) is 1. The Morgan fingerprint density at radius 2 is 2.14 bits per heavy atom. The first-order valence-electron chi connectivity index (χ1n) is 6.88. The van der Waals surface area contributed by atoms with Gasteiger partial charge in [0.2, 0.25) is 5.91 Å². The van der Waals surface area contributed by atoms with Crippen LogP contribution in [0.3, 0.4) is 0 Å². The molecule has 0 bridgehead atoms. The molecule has 2 aromatic rings. The van der Waals surface area contributed by atoms with Gasteiger partial charge in [-0.25, -0.2) is 9.37 Å². The highest BCUT2D eigenvalue weighted by Crippen LogP contribution is 2.29. The number of anilines is 1. The molecule has 0 fully saturated rings. The third kappa shape index (κ3) is 4.27. The van der Waals surface area contributed by atoms with Crippen molar-refractivity contribution in [1.29, 1.82) is 0 Å². The number of hydrogen-bond acceptors (Lipinski definition) is 4. The maximum atomic E-state index is 13.7. The van der Waals surface area contributed by atoms with Crippen molar-refractivity contribution in [2.24, 2.45) is 5.41 Å². The van der Waals surface area contributed by atoms with Crippen molar-refractivity contribution >= 4 is 22.4 Å². The summed E-state index contributed by atoms with van der Waals surface area (Å²) in [7, 11) is 1.42. The summed E-state index contributed by atoms with van der Waals surface area (Å²) >= 11 is 1.32. The zero-order chi connectivity index (χ0) is 16.3. The third-order valence-corrected chi connectivity index (χ3v) is 3.65. The van der Waals surface area contributed by atoms with Crippen molar-refractivity contribution in [2.45, 2.75) is 27.2 Å². The number of nitrogens with zero attached hydrogens (tertiary/aromatic N) is 1. The number of thiazole rings is 1. The minimum Gasteiger partial charge on any atom is -0.494 e. The Hall–Kier alpha value is -1.95. The minimum atomic E-state index is -0.439.